The second-order valence-corrected chi connectivity index (χ2v) is 6.32. The summed E-state index contributed by atoms with van der Waals surface area (Å²) in [4.78, 5) is 2.61. The Hall–Kier alpha value is -0.120. The van der Waals surface area contributed by atoms with E-state index in [4.69, 9.17) is 4.74 Å². The third kappa shape index (κ3) is 4.44. The van der Waals surface area contributed by atoms with Gasteiger partial charge in [0.2, 0.25) is 0 Å². The Morgan fingerprint density at radius 3 is 2.58 bits per heavy atom. The number of hydrogen-bond donors (Lipinski definition) is 1. The fraction of sp³-hybridized carbons (Fsp3) is 1.00. The molecule has 0 unspecified atom stereocenters. The summed E-state index contributed by atoms with van der Waals surface area (Å²) >= 11 is 0. The lowest BCUT2D eigenvalue weighted by atomic mass is 9.92. The summed E-state index contributed by atoms with van der Waals surface area (Å²) in [5, 5.41) is 3.77. The molecule has 3 heteroatoms. The quantitative estimate of drug-likeness (QED) is 0.801. The van der Waals surface area contributed by atoms with Crippen molar-refractivity contribution in [2.45, 2.75) is 70.4 Å². The number of hydrogen-bond acceptors (Lipinski definition) is 3. The number of ether oxygens (including phenoxy) is 1. The van der Waals surface area contributed by atoms with E-state index in [1.807, 2.05) is 0 Å². The van der Waals surface area contributed by atoms with Crippen LogP contribution in [0.25, 0.3) is 0 Å². The smallest absolute Gasteiger partial charge is 0.0597 e. The zero-order chi connectivity index (χ0) is 13.6. The minimum Gasteiger partial charge on any atom is -0.377 e. The van der Waals surface area contributed by atoms with Crippen LogP contribution in [0.1, 0.15) is 58.8 Å². The fourth-order valence-electron chi connectivity index (χ4n) is 3.54. The first-order valence-corrected chi connectivity index (χ1v) is 8.37. The monoisotopic (exact) mass is 268 g/mol. The number of nitrogens with one attached hydrogen (secondary N) is 1. The molecule has 1 saturated heterocycles. The normalized spacial score (nSPS) is 25.6. The Labute approximate surface area is 119 Å². The van der Waals surface area contributed by atoms with Gasteiger partial charge in [0.25, 0.3) is 0 Å². The van der Waals surface area contributed by atoms with E-state index in [0.717, 1.165) is 13.2 Å². The molecule has 0 aromatic heterocycles. The van der Waals surface area contributed by atoms with E-state index < -0.39 is 0 Å². The first-order valence-electron chi connectivity index (χ1n) is 8.37. The summed E-state index contributed by atoms with van der Waals surface area (Å²) < 4.78 is 6.02. The van der Waals surface area contributed by atoms with E-state index in [0.29, 0.717) is 11.6 Å². The third-order valence-corrected chi connectivity index (χ3v) is 5.09. The Kier molecular flexibility index (Phi) is 6.11. The molecule has 1 aliphatic heterocycles. The predicted octanol–water partition coefficient (Wildman–Crippen LogP) is 2.80. The van der Waals surface area contributed by atoms with Crippen molar-refractivity contribution in [2.75, 3.05) is 32.8 Å². The molecule has 2 rings (SSSR count). The molecule has 1 saturated carbocycles. The van der Waals surface area contributed by atoms with Crippen molar-refractivity contribution in [3.8, 4) is 0 Å². The molecule has 3 nitrogen and oxygen atoms in total. The van der Waals surface area contributed by atoms with Gasteiger partial charge < -0.3 is 10.1 Å². The molecule has 2 aliphatic rings. The highest BCUT2D eigenvalue weighted by Gasteiger charge is 2.30. The maximum Gasteiger partial charge on any atom is 0.0597 e. The van der Waals surface area contributed by atoms with E-state index in [1.54, 1.807) is 0 Å². The van der Waals surface area contributed by atoms with Crippen molar-refractivity contribution >= 4 is 0 Å². The van der Waals surface area contributed by atoms with Gasteiger partial charge in [0.15, 0.2) is 0 Å². The van der Waals surface area contributed by atoms with Crippen molar-refractivity contribution in [3.05, 3.63) is 0 Å². The van der Waals surface area contributed by atoms with Crippen molar-refractivity contribution in [1.29, 1.82) is 0 Å². The largest absolute Gasteiger partial charge is 0.377 e. The summed E-state index contributed by atoms with van der Waals surface area (Å²) in [6.45, 7) is 10.2. The van der Waals surface area contributed by atoms with Gasteiger partial charge in [-0.15, -0.1) is 0 Å². The average molecular weight is 268 g/mol. The maximum atomic E-state index is 6.02. The van der Waals surface area contributed by atoms with Crippen LogP contribution in [0.2, 0.25) is 0 Å². The summed E-state index contributed by atoms with van der Waals surface area (Å²) in [5.41, 5.74) is 0.337. The Bertz CT molecular complexity index is 247. The molecule has 0 aromatic carbocycles. The van der Waals surface area contributed by atoms with Crippen LogP contribution in [0.15, 0.2) is 0 Å². The molecule has 1 N–H and O–H groups in total. The van der Waals surface area contributed by atoms with Crippen LogP contribution < -0.4 is 5.32 Å². The lowest BCUT2D eigenvalue weighted by Crippen LogP contribution is -2.51. The zero-order valence-electron chi connectivity index (χ0n) is 12.9. The standard InChI is InChI=1S/C16H32N2O/c1-3-16(4-2)14-18(11-7-10-17-16)12-13-19-15-8-5-6-9-15/h15,17H,3-14H2,1-2H3. The van der Waals surface area contributed by atoms with Gasteiger partial charge in [-0.05, 0) is 45.2 Å². The van der Waals surface area contributed by atoms with Crippen LogP contribution in [0.3, 0.4) is 0 Å². The Balaban J connectivity index is 1.74. The van der Waals surface area contributed by atoms with Crippen LogP contribution >= 0.6 is 0 Å². The van der Waals surface area contributed by atoms with E-state index in [2.05, 4.69) is 24.1 Å². The van der Waals surface area contributed by atoms with Crippen molar-refractivity contribution in [2.24, 2.45) is 0 Å². The van der Waals surface area contributed by atoms with E-state index >= 15 is 0 Å². The van der Waals surface area contributed by atoms with Crippen LogP contribution in [0.4, 0.5) is 0 Å². The van der Waals surface area contributed by atoms with Gasteiger partial charge in [-0.2, -0.15) is 0 Å². The molecule has 0 spiro atoms. The molecule has 112 valence electrons. The molecular weight excluding hydrogens is 236 g/mol. The SMILES string of the molecule is CCC1(CC)CN(CCOC2CCCC2)CCCN1. The second kappa shape index (κ2) is 7.61. The zero-order valence-corrected chi connectivity index (χ0v) is 12.9. The highest BCUT2D eigenvalue weighted by atomic mass is 16.5. The van der Waals surface area contributed by atoms with E-state index in [9.17, 15) is 0 Å². The molecule has 19 heavy (non-hydrogen) atoms. The van der Waals surface area contributed by atoms with Gasteiger partial charge in [0.1, 0.15) is 0 Å². The molecular formula is C16H32N2O. The lowest BCUT2D eigenvalue weighted by molar-refractivity contribution is 0.0382. The summed E-state index contributed by atoms with van der Waals surface area (Å²) in [6.07, 6.45) is 9.59. The topological polar surface area (TPSA) is 24.5 Å². The van der Waals surface area contributed by atoms with Crippen LogP contribution in [-0.2, 0) is 4.74 Å². The van der Waals surface area contributed by atoms with Crippen LogP contribution in [0, 0.1) is 0 Å². The molecule has 0 atom stereocenters. The fourth-order valence-corrected chi connectivity index (χ4v) is 3.54. The summed E-state index contributed by atoms with van der Waals surface area (Å²) in [5.74, 6) is 0. The molecule has 2 fully saturated rings. The van der Waals surface area contributed by atoms with Crippen LogP contribution in [-0.4, -0.2) is 49.3 Å². The molecule has 0 radical (unpaired) electrons. The first-order chi connectivity index (χ1) is 9.28. The van der Waals surface area contributed by atoms with Gasteiger partial charge in [0, 0.05) is 18.6 Å². The van der Waals surface area contributed by atoms with Crippen molar-refractivity contribution in [1.82, 2.24) is 10.2 Å². The highest BCUT2D eigenvalue weighted by molar-refractivity contribution is 4.91. The first kappa shape index (κ1) is 15.3. The second-order valence-electron chi connectivity index (χ2n) is 6.32. The summed E-state index contributed by atoms with van der Waals surface area (Å²) in [7, 11) is 0. The van der Waals surface area contributed by atoms with Gasteiger partial charge in [-0.25, -0.2) is 0 Å². The van der Waals surface area contributed by atoms with Gasteiger partial charge in [-0.1, -0.05) is 26.7 Å². The molecule has 1 aliphatic carbocycles. The van der Waals surface area contributed by atoms with E-state index in [-0.39, 0.29) is 0 Å². The molecule has 0 amide bonds. The number of nitrogens with zero attached hydrogens (tertiary/aromatic N) is 1. The average Bonchev–Trinajstić information content (AvgIpc) is 2.86. The minimum absolute atomic E-state index is 0.337. The van der Waals surface area contributed by atoms with Crippen LogP contribution in [0.5, 0.6) is 0 Å². The molecule has 0 aromatic rings. The van der Waals surface area contributed by atoms with E-state index in [1.165, 1.54) is 64.6 Å². The molecule has 1 heterocycles. The predicted molar refractivity (Wildman–Crippen MR) is 80.6 cm³/mol. The highest BCUT2D eigenvalue weighted by Crippen LogP contribution is 2.22. The maximum absolute atomic E-state index is 6.02. The van der Waals surface area contributed by atoms with Crippen molar-refractivity contribution in [3.63, 3.8) is 0 Å². The third-order valence-electron chi connectivity index (χ3n) is 5.09. The lowest BCUT2D eigenvalue weighted by Gasteiger charge is -2.35. The minimum atomic E-state index is 0.337. The van der Waals surface area contributed by atoms with Crippen molar-refractivity contribution < 1.29 is 4.74 Å². The summed E-state index contributed by atoms with van der Waals surface area (Å²) in [6, 6.07) is 0. The Morgan fingerprint density at radius 1 is 1.16 bits per heavy atom. The molecule has 0 bridgehead atoms. The van der Waals surface area contributed by atoms with Gasteiger partial charge >= 0.3 is 0 Å². The number of rotatable bonds is 6. The van der Waals surface area contributed by atoms with Gasteiger partial charge in [-0.3, -0.25) is 4.90 Å². The van der Waals surface area contributed by atoms with Gasteiger partial charge in [0.05, 0.1) is 12.7 Å². The Morgan fingerprint density at radius 2 is 1.89 bits per heavy atom.